The van der Waals surface area contributed by atoms with Crippen molar-refractivity contribution in [1.82, 2.24) is 0 Å². The lowest BCUT2D eigenvalue weighted by Crippen LogP contribution is -2.15. The maximum absolute atomic E-state index is 13.4. The monoisotopic (exact) mass is 414 g/mol. The number of benzene rings is 2. The molecule has 1 aliphatic rings. The largest absolute Gasteiger partial charge is 0.486 e. The van der Waals surface area contributed by atoms with Gasteiger partial charge in [-0.15, -0.1) is 0 Å². The third-order valence-electron chi connectivity index (χ3n) is 3.41. The summed E-state index contributed by atoms with van der Waals surface area (Å²) in [6.07, 6.45) is 0. The van der Waals surface area contributed by atoms with E-state index < -0.39 is 0 Å². The SMILES string of the molecule is Cc1cc(C(Br)c2cc3c(cc2Br)OCCO3)ccc1F. The zero-order valence-corrected chi connectivity index (χ0v) is 14.5. The number of ether oxygens (including phenoxy) is 2. The molecule has 3 rings (SSSR count). The Labute approximate surface area is 139 Å². The van der Waals surface area contributed by atoms with Crippen LogP contribution in [0.2, 0.25) is 0 Å². The summed E-state index contributed by atoms with van der Waals surface area (Å²) in [7, 11) is 0. The fraction of sp³-hybridized carbons (Fsp3) is 0.250. The molecule has 0 aliphatic carbocycles. The number of halogens is 3. The van der Waals surface area contributed by atoms with Gasteiger partial charge in [-0.2, -0.15) is 0 Å². The van der Waals surface area contributed by atoms with E-state index in [0.29, 0.717) is 18.8 Å². The molecule has 1 atom stereocenters. The van der Waals surface area contributed by atoms with E-state index in [1.165, 1.54) is 6.07 Å². The number of rotatable bonds is 2. The van der Waals surface area contributed by atoms with Gasteiger partial charge >= 0.3 is 0 Å². The second-order valence-corrected chi connectivity index (χ2v) is 6.66. The lowest BCUT2D eigenvalue weighted by molar-refractivity contribution is 0.171. The topological polar surface area (TPSA) is 18.5 Å². The minimum absolute atomic E-state index is 0.0537. The zero-order chi connectivity index (χ0) is 15.0. The number of hydrogen-bond acceptors (Lipinski definition) is 2. The minimum atomic E-state index is -0.195. The summed E-state index contributed by atoms with van der Waals surface area (Å²) < 4.78 is 25.5. The van der Waals surface area contributed by atoms with Crippen LogP contribution in [0.5, 0.6) is 11.5 Å². The van der Waals surface area contributed by atoms with E-state index in [-0.39, 0.29) is 10.6 Å². The molecule has 2 aromatic rings. The van der Waals surface area contributed by atoms with Gasteiger partial charge in [0.15, 0.2) is 11.5 Å². The van der Waals surface area contributed by atoms with Gasteiger partial charge in [0.05, 0.1) is 4.83 Å². The first-order valence-electron chi connectivity index (χ1n) is 6.55. The van der Waals surface area contributed by atoms with Gasteiger partial charge in [0.25, 0.3) is 0 Å². The van der Waals surface area contributed by atoms with Crippen LogP contribution in [0.3, 0.4) is 0 Å². The van der Waals surface area contributed by atoms with Crippen molar-refractivity contribution in [2.45, 2.75) is 11.8 Å². The summed E-state index contributed by atoms with van der Waals surface area (Å²) in [5, 5.41) is 0. The summed E-state index contributed by atoms with van der Waals surface area (Å²) in [6, 6.07) is 8.99. The Hall–Kier alpha value is -1.07. The molecule has 0 amide bonds. The molecule has 0 radical (unpaired) electrons. The van der Waals surface area contributed by atoms with Crippen LogP contribution in [0.15, 0.2) is 34.8 Å². The minimum Gasteiger partial charge on any atom is -0.486 e. The van der Waals surface area contributed by atoms with E-state index in [9.17, 15) is 4.39 Å². The van der Waals surface area contributed by atoms with Crippen molar-refractivity contribution in [2.24, 2.45) is 0 Å². The van der Waals surface area contributed by atoms with Crippen LogP contribution in [0, 0.1) is 12.7 Å². The highest BCUT2D eigenvalue weighted by Crippen LogP contribution is 2.42. The summed E-state index contributed by atoms with van der Waals surface area (Å²) in [4.78, 5) is -0.0537. The first-order valence-corrected chi connectivity index (χ1v) is 8.26. The van der Waals surface area contributed by atoms with Gasteiger partial charge in [-0.1, -0.05) is 44.0 Å². The molecule has 0 spiro atoms. The number of alkyl halides is 1. The van der Waals surface area contributed by atoms with Gasteiger partial charge in [-0.25, -0.2) is 4.39 Å². The lowest BCUT2D eigenvalue weighted by atomic mass is 10.0. The van der Waals surface area contributed by atoms with E-state index in [1.807, 2.05) is 18.2 Å². The molecule has 0 aromatic heterocycles. The summed E-state index contributed by atoms with van der Waals surface area (Å²) in [6.45, 7) is 2.88. The fourth-order valence-corrected chi connectivity index (χ4v) is 3.80. The molecule has 0 N–H and O–H groups in total. The highest BCUT2D eigenvalue weighted by atomic mass is 79.9. The van der Waals surface area contributed by atoms with Crippen molar-refractivity contribution in [3.05, 3.63) is 57.3 Å². The van der Waals surface area contributed by atoms with Gasteiger partial charge in [-0.05, 0) is 41.8 Å². The summed E-state index contributed by atoms with van der Waals surface area (Å²) >= 11 is 7.25. The fourth-order valence-electron chi connectivity index (χ4n) is 2.28. The van der Waals surface area contributed by atoms with Crippen molar-refractivity contribution >= 4 is 31.9 Å². The van der Waals surface area contributed by atoms with Crippen LogP contribution in [0.4, 0.5) is 4.39 Å². The first-order chi connectivity index (χ1) is 10.1. The van der Waals surface area contributed by atoms with E-state index >= 15 is 0 Å². The average Bonchev–Trinajstić information content (AvgIpc) is 2.48. The maximum atomic E-state index is 13.4. The van der Waals surface area contributed by atoms with Crippen molar-refractivity contribution in [3.63, 3.8) is 0 Å². The highest BCUT2D eigenvalue weighted by molar-refractivity contribution is 9.11. The van der Waals surface area contributed by atoms with Crippen LogP contribution in [0.1, 0.15) is 21.5 Å². The Kier molecular flexibility index (Phi) is 4.22. The molecule has 0 saturated heterocycles. The third-order valence-corrected chi connectivity index (χ3v) is 5.12. The molecule has 2 nitrogen and oxygen atoms in total. The summed E-state index contributed by atoms with van der Waals surface area (Å²) in [5.41, 5.74) is 2.64. The van der Waals surface area contributed by atoms with E-state index in [2.05, 4.69) is 31.9 Å². The van der Waals surface area contributed by atoms with Crippen molar-refractivity contribution in [2.75, 3.05) is 13.2 Å². The average molecular weight is 416 g/mol. The molecular formula is C16H13Br2FO2. The van der Waals surface area contributed by atoms with Crippen LogP contribution >= 0.6 is 31.9 Å². The van der Waals surface area contributed by atoms with Crippen LogP contribution < -0.4 is 9.47 Å². The number of aryl methyl sites for hydroxylation is 1. The van der Waals surface area contributed by atoms with E-state index in [0.717, 1.165) is 27.1 Å². The molecule has 5 heteroatoms. The Bertz CT molecular complexity index is 688. The van der Waals surface area contributed by atoms with Gasteiger partial charge in [0, 0.05) is 4.47 Å². The first kappa shape index (κ1) is 14.9. The normalized spacial score (nSPS) is 14.9. The number of fused-ring (bicyclic) bond motifs is 1. The molecule has 1 heterocycles. The standard InChI is InChI=1S/C16H13Br2FO2/c1-9-6-10(2-3-13(9)19)16(18)11-7-14-15(8-12(11)17)21-5-4-20-14/h2-3,6-8,16H,4-5H2,1H3. The van der Waals surface area contributed by atoms with Crippen molar-refractivity contribution < 1.29 is 13.9 Å². The van der Waals surface area contributed by atoms with Gasteiger partial charge in [-0.3, -0.25) is 0 Å². The number of hydrogen-bond donors (Lipinski definition) is 0. The maximum Gasteiger partial charge on any atom is 0.162 e. The Morgan fingerprint density at radius 1 is 1.10 bits per heavy atom. The molecule has 110 valence electrons. The lowest BCUT2D eigenvalue weighted by Gasteiger charge is -2.21. The molecule has 21 heavy (non-hydrogen) atoms. The highest BCUT2D eigenvalue weighted by Gasteiger charge is 2.20. The summed E-state index contributed by atoms with van der Waals surface area (Å²) in [5.74, 6) is 1.29. The van der Waals surface area contributed by atoms with Crippen LogP contribution in [-0.4, -0.2) is 13.2 Å². The second-order valence-electron chi connectivity index (χ2n) is 4.89. The molecule has 0 bridgehead atoms. The van der Waals surface area contributed by atoms with Crippen molar-refractivity contribution in [3.8, 4) is 11.5 Å². The Morgan fingerprint density at radius 3 is 2.43 bits per heavy atom. The predicted octanol–water partition coefficient (Wildman–Crippen LogP) is 5.15. The Morgan fingerprint density at radius 2 is 1.76 bits per heavy atom. The third kappa shape index (κ3) is 2.94. The van der Waals surface area contributed by atoms with Crippen molar-refractivity contribution in [1.29, 1.82) is 0 Å². The van der Waals surface area contributed by atoms with E-state index in [1.54, 1.807) is 13.0 Å². The second kappa shape index (κ2) is 5.97. The van der Waals surface area contributed by atoms with Crippen LogP contribution in [0.25, 0.3) is 0 Å². The molecule has 1 aliphatic heterocycles. The van der Waals surface area contributed by atoms with Gasteiger partial charge in [0.2, 0.25) is 0 Å². The quantitative estimate of drug-likeness (QED) is 0.631. The zero-order valence-electron chi connectivity index (χ0n) is 11.3. The Balaban J connectivity index is 2.00. The van der Waals surface area contributed by atoms with Gasteiger partial charge in [0.1, 0.15) is 19.0 Å². The molecular weight excluding hydrogens is 403 g/mol. The molecule has 0 saturated carbocycles. The smallest absolute Gasteiger partial charge is 0.162 e. The van der Waals surface area contributed by atoms with Crippen LogP contribution in [-0.2, 0) is 0 Å². The molecule has 0 fully saturated rings. The predicted molar refractivity (Wildman–Crippen MR) is 87.0 cm³/mol. The molecule has 2 aromatic carbocycles. The molecule has 1 unspecified atom stereocenters. The van der Waals surface area contributed by atoms with Gasteiger partial charge < -0.3 is 9.47 Å². The van der Waals surface area contributed by atoms with E-state index in [4.69, 9.17) is 9.47 Å².